The van der Waals surface area contributed by atoms with E-state index in [0.717, 1.165) is 12.8 Å². The molecule has 0 bridgehead atoms. The molecular formula is C13H11F3N2O. The number of nitrogens with zero attached hydrogens (tertiary/aromatic N) is 2. The number of hydrogen-bond acceptors (Lipinski definition) is 2. The molecule has 2 rings (SSSR count). The summed E-state index contributed by atoms with van der Waals surface area (Å²) in [5.74, 6) is -4.33. The lowest BCUT2D eigenvalue weighted by Gasteiger charge is -2.21. The summed E-state index contributed by atoms with van der Waals surface area (Å²) in [5, 5.41) is 8.53. The van der Waals surface area contributed by atoms with Crippen molar-refractivity contribution in [3.8, 4) is 6.07 Å². The van der Waals surface area contributed by atoms with Crippen LogP contribution in [-0.2, 0) is 0 Å². The highest BCUT2D eigenvalue weighted by Gasteiger charge is 2.35. The Labute approximate surface area is 108 Å². The van der Waals surface area contributed by atoms with Crippen molar-refractivity contribution in [3.05, 3.63) is 35.1 Å². The van der Waals surface area contributed by atoms with Gasteiger partial charge in [-0.25, -0.2) is 13.2 Å². The zero-order valence-corrected chi connectivity index (χ0v) is 10.00. The van der Waals surface area contributed by atoms with E-state index >= 15 is 0 Å². The van der Waals surface area contributed by atoms with Crippen molar-refractivity contribution in [2.45, 2.75) is 25.3 Å². The second kappa shape index (κ2) is 5.31. The Bertz CT molecular complexity index is 526. The van der Waals surface area contributed by atoms with E-state index in [2.05, 4.69) is 0 Å². The number of carbonyl (C=O) groups excluding carboxylic acids is 1. The van der Waals surface area contributed by atoms with Gasteiger partial charge in [0.25, 0.3) is 5.91 Å². The van der Waals surface area contributed by atoms with Gasteiger partial charge in [0.2, 0.25) is 0 Å². The summed E-state index contributed by atoms with van der Waals surface area (Å²) >= 11 is 0. The molecule has 1 fully saturated rings. The van der Waals surface area contributed by atoms with Crippen LogP contribution in [0.25, 0.3) is 0 Å². The van der Waals surface area contributed by atoms with E-state index in [4.69, 9.17) is 5.26 Å². The minimum Gasteiger partial charge on any atom is -0.334 e. The van der Waals surface area contributed by atoms with E-state index in [1.807, 2.05) is 6.07 Å². The van der Waals surface area contributed by atoms with Crippen LogP contribution in [0.2, 0.25) is 0 Å². The molecule has 1 saturated carbocycles. The number of nitriles is 1. The third-order valence-electron chi connectivity index (χ3n) is 2.93. The molecule has 6 heteroatoms. The number of carbonyl (C=O) groups is 1. The lowest BCUT2D eigenvalue weighted by molar-refractivity contribution is 0.0737. The van der Waals surface area contributed by atoms with Gasteiger partial charge in [-0.3, -0.25) is 4.79 Å². The van der Waals surface area contributed by atoms with Crippen LogP contribution in [0.4, 0.5) is 13.2 Å². The van der Waals surface area contributed by atoms with Crippen molar-refractivity contribution in [3.63, 3.8) is 0 Å². The fourth-order valence-electron chi connectivity index (χ4n) is 1.90. The van der Waals surface area contributed by atoms with Crippen LogP contribution in [0.15, 0.2) is 12.1 Å². The first-order valence-corrected chi connectivity index (χ1v) is 5.87. The molecule has 1 amide bonds. The first-order chi connectivity index (χ1) is 9.04. The van der Waals surface area contributed by atoms with E-state index < -0.39 is 28.9 Å². The van der Waals surface area contributed by atoms with Crippen LogP contribution < -0.4 is 0 Å². The molecule has 19 heavy (non-hydrogen) atoms. The Morgan fingerprint density at radius 3 is 2.37 bits per heavy atom. The second-order valence-electron chi connectivity index (χ2n) is 4.38. The molecule has 1 aromatic rings. The predicted octanol–water partition coefficient (Wildman–Crippen LogP) is 2.62. The minimum absolute atomic E-state index is 0.0790. The van der Waals surface area contributed by atoms with Crippen LogP contribution in [0.1, 0.15) is 29.6 Å². The Kier molecular flexibility index (Phi) is 3.74. The normalized spacial score (nSPS) is 14.0. The van der Waals surface area contributed by atoms with E-state index in [-0.39, 0.29) is 19.0 Å². The highest BCUT2D eigenvalue weighted by molar-refractivity contribution is 5.95. The molecule has 0 atom stereocenters. The van der Waals surface area contributed by atoms with Crippen molar-refractivity contribution < 1.29 is 18.0 Å². The van der Waals surface area contributed by atoms with Gasteiger partial charge >= 0.3 is 0 Å². The highest BCUT2D eigenvalue weighted by atomic mass is 19.1. The average Bonchev–Trinajstić information content (AvgIpc) is 3.12. The van der Waals surface area contributed by atoms with Crippen LogP contribution in [-0.4, -0.2) is 23.4 Å². The Balaban J connectivity index is 2.29. The SMILES string of the molecule is N#CCCN(C(=O)c1c(F)cc(F)cc1F)C1CC1. The molecule has 0 N–H and O–H groups in total. The molecule has 3 nitrogen and oxygen atoms in total. The fourth-order valence-corrected chi connectivity index (χ4v) is 1.90. The second-order valence-corrected chi connectivity index (χ2v) is 4.38. The third-order valence-corrected chi connectivity index (χ3v) is 2.93. The summed E-state index contributed by atoms with van der Waals surface area (Å²) in [5.41, 5.74) is -0.758. The minimum atomic E-state index is -1.22. The van der Waals surface area contributed by atoms with Gasteiger partial charge in [0.15, 0.2) is 0 Å². The number of benzene rings is 1. The highest BCUT2D eigenvalue weighted by Crippen LogP contribution is 2.29. The standard InChI is InChI=1S/C13H11F3N2O/c14-8-6-10(15)12(11(16)7-8)13(19)18(5-1-4-17)9-2-3-9/h6-7,9H,1-3,5H2. The van der Waals surface area contributed by atoms with Gasteiger partial charge in [0, 0.05) is 24.7 Å². The Hall–Kier alpha value is -2.03. The lowest BCUT2D eigenvalue weighted by Crippen LogP contribution is -2.35. The summed E-state index contributed by atoms with van der Waals surface area (Å²) in [6.07, 6.45) is 1.59. The number of rotatable bonds is 4. The molecule has 0 spiro atoms. The van der Waals surface area contributed by atoms with E-state index in [0.29, 0.717) is 12.1 Å². The zero-order valence-electron chi connectivity index (χ0n) is 10.00. The van der Waals surface area contributed by atoms with E-state index in [1.165, 1.54) is 4.90 Å². The molecular weight excluding hydrogens is 257 g/mol. The van der Waals surface area contributed by atoms with Crippen molar-refractivity contribution in [2.75, 3.05) is 6.54 Å². The molecule has 100 valence electrons. The van der Waals surface area contributed by atoms with Gasteiger partial charge in [-0.1, -0.05) is 0 Å². The van der Waals surface area contributed by atoms with Crippen molar-refractivity contribution >= 4 is 5.91 Å². The van der Waals surface area contributed by atoms with Crippen LogP contribution in [0, 0.1) is 28.8 Å². The van der Waals surface area contributed by atoms with Gasteiger partial charge in [0.1, 0.15) is 23.0 Å². The Morgan fingerprint density at radius 2 is 1.89 bits per heavy atom. The van der Waals surface area contributed by atoms with Crippen LogP contribution in [0.5, 0.6) is 0 Å². The lowest BCUT2D eigenvalue weighted by atomic mass is 10.1. The first-order valence-electron chi connectivity index (χ1n) is 5.87. The Morgan fingerprint density at radius 1 is 1.32 bits per heavy atom. The summed E-state index contributed by atoms with van der Waals surface area (Å²) in [6.45, 7) is 0.121. The maximum absolute atomic E-state index is 13.5. The van der Waals surface area contributed by atoms with Gasteiger partial charge in [0.05, 0.1) is 12.5 Å². The molecule has 1 aromatic carbocycles. The quantitative estimate of drug-likeness (QED) is 0.842. The molecule has 0 heterocycles. The van der Waals surface area contributed by atoms with E-state index in [1.54, 1.807) is 0 Å². The molecule has 1 aliphatic rings. The molecule has 0 aromatic heterocycles. The van der Waals surface area contributed by atoms with Crippen LogP contribution >= 0.6 is 0 Å². The zero-order chi connectivity index (χ0) is 14.0. The smallest absolute Gasteiger partial charge is 0.260 e. The molecule has 0 aliphatic heterocycles. The summed E-state index contributed by atoms with van der Waals surface area (Å²) < 4.78 is 39.9. The number of halogens is 3. The maximum Gasteiger partial charge on any atom is 0.260 e. The molecule has 0 unspecified atom stereocenters. The largest absolute Gasteiger partial charge is 0.334 e. The first kappa shape index (κ1) is 13.4. The van der Waals surface area contributed by atoms with E-state index in [9.17, 15) is 18.0 Å². The van der Waals surface area contributed by atoms with Gasteiger partial charge in [-0.05, 0) is 12.8 Å². The fraction of sp³-hybridized carbons (Fsp3) is 0.385. The van der Waals surface area contributed by atoms with Gasteiger partial charge in [-0.2, -0.15) is 5.26 Å². The van der Waals surface area contributed by atoms with Gasteiger partial charge in [-0.15, -0.1) is 0 Å². The molecule has 0 radical (unpaired) electrons. The van der Waals surface area contributed by atoms with Crippen molar-refractivity contribution in [1.82, 2.24) is 4.90 Å². The topological polar surface area (TPSA) is 44.1 Å². The summed E-state index contributed by atoms with van der Waals surface area (Å²) in [6, 6.07) is 2.76. The summed E-state index contributed by atoms with van der Waals surface area (Å²) in [4.78, 5) is 13.4. The molecule has 1 aliphatic carbocycles. The summed E-state index contributed by atoms with van der Waals surface area (Å²) in [7, 11) is 0. The molecule has 0 saturated heterocycles. The van der Waals surface area contributed by atoms with Crippen LogP contribution in [0.3, 0.4) is 0 Å². The maximum atomic E-state index is 13.5. The van der Waals surface area contributed by atoms with Gasteiger partial charge < -0.3 is 4.90 Å². The average molecular weight is 268 g/mol. The monoisotopic (exact) mass is 268 g/mol. The van der Waals surface area contributed by atoms with Crippen molar-refractivity contribution in [2.24, 2.45) is 0 Å². The number of amides is 1. The van der Waals surface area contributed by atoms with Crippen molar-refractivity contribution in [1.29, 1.82) is 5.26 Å². The number of hydrogen-bond donors (Lipinski definition) is 0. The third kappa shape index (κ3) is 2.87. The predicted molar refractivity (Wildman–Crippen MR) is 60.6 cm³/mol.